The topological polar surface area (TPSA) is 42.0 Å². The van der Waals surface area contributed by atoms with Crippen molar-refractivity contribution in [1.29, 1.82) is 0 Å². The number of nitrogens with zero attached hydrogens (tertiary/aromatic N) is 2. The molecular weight excluding hydrogens is 452 g/mol. The molecule has 2 fully saturated rings. The van der Waals surface area contributed by atoms with Gasteiger partial charge in [0, 0.05) is 13.1 Å². The van der Waals surface area contributed by atoms with Crippen molar-refractivity contribution in [2.45, 2.75) is 45.1 Å². The zero-order valence-corrected chi connectivity index (χ0v) is 19.4. The first-order valence-electron chi connectivity index (χ1n) is 10.0. The molecule has 1 aliphatic heterocycles. The molecule has 0 aromatic heterocycles. The molecule has 29 heavy (non-hydrogen) atoms. The van der Waals surface area contributed by atoms with Crippen molar-refractivity contribution in [1.82, 2.24) is 9.80 Å². The minimum absolute atomic E-state index is 0.0227. The lowest BCUT2D eigenvalue weighted by Crippen LogP contribution is -2.41. The minimum Gasteiger partial charge on any atom is -0.490 e. The molecular formula is C22H27BrN2O3S. The van der Waals surface area contributed by atoms with Crippen molar-refractivity contribution < 1.29 is 14.3 Å². The SMILES string of the molecule is C=CCOc1c(Br)cc(C=C2C(=O)N(C3CCCCC3)C(=S)N2C)cc1OCC. The highest BCUT2D eigenvalue weighted by molar-refractivity contribution is 9.10. The third-order valence-corrected chi connectivity index (χ3v) is 6.27. The molecule has 0 bridgehead atoms. The molecule has 5 nitrogen and oxygen atoms in total. The number of rotatable bonds is 7. The summed E-state index contributed by atoms with van der Waals surface area (Å²) in [7, 11) is 1.86. The van der Waals surface area contributed by atoms with Crippen LogP contribution in [0.4, 0.5) is 0 Å². The van der Waals surface area contributed by atoms with Gasteiger partial charge in [0.15, 0.2) is 16.6 Å². The number of carbonyl (C=O) groups excluding carboxylic acids is 1. The van der Waals surface area contributed by atoms with E-state index in [2.05, 4.69) is 22.5 Å². The number of amides is 1. The predicted molar refractivity (Wildman–Crippen MR) is 123 cm³/mol. The number of hydrogen-bond donors (Lipinski definition) is 0. The van der Waals surface area contributed by atoms with Crippen LogP contribution in [0.25, 0.3) is 6.08 Å². The van der Waals surface area contributed by atoms with Gasteiger partial charge in [-0.15, -0.1) is 0 Å². The molecule has 1 saturated carbocycles. The van der Waals surface area contributed by atoms with E-state index in [1.54, 1.807) is 11.0 Å². The Labute approximate surface area is 186 Å². The van der Waals surface area contributed by atoms with E-state index in [-0.39, 0.29) is 11.9 Å². The zero-order chi connectivity index (χ0) is 21.0. The monoisotopic (exact) mass is 478 g/mol. The van der Waals surface area contributed by atoms with Gasteiger partial charge in [-0.2, -0.15) is 0 Å². The molecule has 1 aliphatic carbocycles. The van der Waals surface area contributed by atoms with E-state index < -0.39 is 0 Å². The van der Waals surface area contributed by atoms with E-state index in [1.807, 2.05) is 37.1 Å². The van der Waals surface area contributed by atoms with Gasteiger partial charge in [-0.05, 0) is 71.7 Å². The average Bonchev–Trinajstić information content (AvgIpc) is 2.91. The first-order valence-corrected chi connectivity index (χ1v) is 11.2. The zero-order valence-electron chi connectivity index (χ0n) is 16.9. The molecule has 156 valence electrons. The van der Waals surface area contributed by atoms with Gasteiger partial charge in [0.2, 0.25) is 0 Å². The van der Waals surface area contributed by atoms with Crippen molar-refractivity contribution in [3.63, 3.8) is 0 Å². The average molecular weight is 479 g/mol. The van der Waals surface area contributed by atoms with Gasteiger partial charge in [0.25, 0.3) is 5.91 Å². The Kier molecular flexibility index (Phi) is 7.35. The quantitative estimate of drug-likeness (QED) is 0.308. The normalized spacial score (nSPS) is 19.2. The molecule has 1 amide bonds. The molecule has 1 aromatic carbocycles. The molecule has 0 atom stereocenters. The van der Waals surface area contributed by atoms with Gasteiger partial charge in [-0.3, -0.25) is 9.69 Å². The van der Waals surface area contributed by atoms with Crippen LogP contribution < -0.4 is 9.47 Å². The first kappa shape index (κ1) is 21.8. The summed E-state index contributed by atoms with van der Waals surface area (Å²) in [5.74, 6) is 1.22. The number of benzene rings is 1. The Hall–Kier alpha value is -1.86. The van der Waals surface area contributed by atoms with Gasteiger partial charge in [0.05, 0.1) is 11.1 Å². The molecule has 0 N–H and O–H groups in total. The number of carbonyl (C=O) groups is 1. The summed E-state index contributed by atoms with van der Waals surface area (Å²) in [5, 5.41) is 0.586. The lowest BCUT2D eigenvalue weighted by atomic mass is 9.94. The third-order valence-electron chi connectivity index (χ3n) is 5.21. The highest BCUT2D eigenvalue weighted by Gasteiger charge is 2.40. The highest BCUT2D eigenvalue weighted by Crippen LogP contribution is 2.38. The summed E-state index contributed by atoms with van der Waals surface area (Å²) in [4.78, 5) is 16.8. The van der Waals surface area contributed by atoms with E-state index in [0.717, 1.165) is 35.7 Å². The number of ether oxygens (including phenoxy) is 2. The fraction of sp³-hybridized carbons (Fsp3) is 0.455. The van der Waals surface area contributed by atoms with Crippen molar-refractivity contribution in [2.75, 3.05) is 20.3 Å². The molecule has 1 saturated heterocycles. The Morgan fingerprint density at radius 1 is 1.28 bits per heavy atom. The number of halogens is 1. The Morgan fingerprint density at radius 3 is 2.66 bits per heavy atom. The van der Waals surface area contributed by atoms with Gasteiger partial charge in [-0.1, -0.05) is 31.9 Å². The first-order chi connectivity index (χ1) is 14.0. The van der Waals surface area contributed by atoms with Crippen LogP contribution in [0.3, 0.4) is 0 Å². The van der Waals surface area contributed by atoms with Gasteiger partial charge < -0.3 is 14.4 Å². The van der Waals surface area contributed by atoms with E-state index in [1.165, 1.54) is 6.42 Å². The molecule has 0 radical (unpaired) electrons. The largest absolute Gasteiger partial charge is 0.490 e. The van der Waals surface area contributed by atoms with Crippen molar-refractivity contribution >= 4 is 45.2 Å². The van der Waals surface area contributed by atoms with Crippen LogP contribution in [0.5, 0.6) is 11.5 Å². The summed E-state index contributed by atoms with van der Waals surface area (Å²) in [6, 6.07) is 4.01. The van der Waals surface area contributed by atoms with Crippen LogP contribution in [0.2, 0.25) is 0 Å². The van der Waals surface area contributed by atoms with Crippen molar-refractivity contribution in [2.24, 2.45) is 0 Å². The molecule has 7 heteroatoms. The third kappa shape index (κ3) is 4.67. The Bertz CT molecular complexity index is 834. The van der Waals surface area contributed by atoms with Crippen LogP contribution in [0, 0.1) is 0 Å². The van der Waals surface area contributed by atoms with Crippen LogP contribution in [-0.4, -0.2) is 47.1 Å². The summed E-state index contributed by atoms with van der Waals surface area (Å²) >= 11 is 9.16. The van der Waals surface area contributed by atoms with E-state index in [4.69, 9.17) is 21.7 Å². The van der Waals surface area contributed by atoms with E-state index >= 15 is 0 Å². The number of hydrogen-bond acceptors (Lipinski definition) is 4. The minimum atomic E-state index is -0.0227. The van der Waals surface area contributed by atoms with Crippen LogP contribution in [0.15, 0.2) is 35.0 Å². The fourth-order valence-electron chi connectivity index (χ4n) is 3.81. The maximum Gasteiger partial charge on any atom is 0.277 e. The van der Waals surface area contributed by atoms with Crippen LogP contribution in [0.1, 0.15) is 44.6 Å². The van der Waals surface area contributed by atoms with Gasteiger partial charge in [-0.25, -0.2) is 0 Å². The Balaban J connectivity index is 1.93. The van der Waals surface area contributed by atoms with Crippen molar-refractivity contribution in [3.8, 4) is 11.5 Å². The predicted octanol–water partition coefficient (Wildman–Crippen LogP) is 5.15. The molecule has 1 aromatic rings. The van der Waals surface area contributed by atoms with E-state index in [0.29, 0.717) is 35.5 Å². The van der Waals surface area contributed by atoms with Crippen LogP contribution in [-0.2, 0) is 4.79 Å². The fourth-order valence-corrected chi connectivity index (χ4v) is 4.72. The van der Waals surface area contributed by atoms with Gasteiger partial charge >= 0.3 is 0 Å². The van der Waals surface area contributed by atoms with Crippen LogP contribution >= 0.6 is 28.1 Å². The second-order valence-electron chi connectivity index (χ2n) is 7.20. The number of thiocarbonyl (C=S) groups is 1. The molecule has 3 rings (SSSR count). The summed E-state index contributed by atoms with van der Waals surface area (Å²) in [6.07, 6.45) is 9.11. The summed E-state index contributed by atoms with van der Waals surface area (Å²) < 4.78 is 12.3. The standard InChI is InChI=1S/C22H27BrN2O3S/c1-4-11-28-20-17(23)12-15(14-19(20)27-5-2)13-18-21(26)25(22(29)24(18)3)16-9-7-6-8-10-16/h4,12-14,16H,1,5-11H2,2-3H3. The molecule has 1 heterocycles. The van der Waals surface area contributed by atoms with Gasteiger partial charge in [0.1, 0.15) is 12.3 Å². The second-order valence-corrected chi connectivity index (χ2v) is 8.42. The molecule has 0 spiro atoms. The van der Waals surface area contributed by atoms with Crippen molar-refractivity contribution in [3.05, 3.63) is 40.5 Å². The highest BCUT2D eigenvalue weighted by atomic mass is 79.9. The maximum absolute atomic E-state index is 13.2. The molecule has 2 aliphatic rings. The Morgan fingerprint density at radius 2 is 2.00 bits per heavy atom. The summed E-state index contributed by atoms with van der Waals surface area (Å²) in [5.41, 5.74) is 1.42. The summed E-state index contributed by atoms with van der Waals surface area (Å²) in [6.45, 7) is 6.50. The number of likely N-dealkylation sites (N-methyl/N-ethyl adjacent to an activating group) is 1. The smallest absolute Gasteiger partial charge is 0.277 e. The molecule has 0 unspecified atom stereocenters. The lowest BCUT2D eigenvalue weighted by Gasteiger charge is -2.30. The van der Waals surface area contributed by atoms with E-state index in [9.17, 15) is 4.79 Å². The second kappa shape index (κ2) is 9.76. The lowest BCUT2D eigenvalue weighted by molar-refractivity contribution is -0.124. The maximum atomic E-state index is 13.2.